The summed E-state index contributed by atoms with van der Waals surface area (Å²) in [6.07, 6.45) is 2.61. The molecule has 0 atom stereocenters. The van der Waals surface area contributed by atoms with Crippen molar-refractivity contribution < 1.29 is 0 Å². The third kappa shape index (κ3) is 5.85. The molecule has 0 fully saturated rings. The van der Waals surface area contributed by atoms with E-state index in [0.717, 1.165) is 12.3 Å². The number of rotatable bonds is 7. The zero-order valence-electron chi connectivity index (χ0n) is 9.75. The fourth-order valence-corrected chi connectivity index (χ4v) is 2.47. The van der Waals surface area contributed by atoms with E-state index in [2.05, 4.69) is 36.5 Å². The van der Waals surface area contributed by atoms with Gasteiger partial charge in [0.15, 0.2) is 0 Å². The second kappa shape index (κ2) is 7.77. The summed E-state index contributed by atoms with van der Waals surface area (Å²) in [7, 11) is 2.01. The minimum Gasteiger partial charge on any atom is -0.320 e. The van der Waals surface area contributed by atoms with Crippen LogP contribution in [-0.4, -0.2) is 19.3 Å². The van der Waals surface area contributed by atoms with Crippen molar-refractivity contribution in [3.8, 4) is 0 Å². The van der Waals surface area contributed by atoms with Gasteiger partial charge in [0.25, 0.3) is 0 Å². The molecule has 0 unspecified atom stereocenters. The Hall–Kier alpha value is -0.470. The lowest BCUT2D eigenvalue weighted by Gasteiger charge is -2.03. The van der Waals surface area contributed by atoms with Crippen molar-refractivity contribution in [1.29, 1.82) is 0 Å². The molecular weight excluding hydrogens is 202 g/mol. The van der Waals surface area contributed by atoms with Crippen LogP contribution in [0.4, 0.5) is 0 Å². The van der Waals surface area contributed by atoms with E-state index in [9.17, 15) is 0 Å². The van der Waals surface area contributed by atoms with Crippen LogP contribution in [0.3, 0.4) is 0 Å². The van der Waals surface area contributed by atoms with Gasteiger partial charge in [-0.1, -0.05) is 29.8 Å². The zero-order valence-corrected chi connectivity index (χ0v) is 10.6. The van der Waals surface area contributed by atoms with Gasteiger partial charge in [-0.2, -0.15) is 11.8 Å². The molecule has 0 bridgehead atoms. The van der Waals surface area contributed by atoms with Gasteiger partial charge in [-0.15, -0.1) is 0 Å². The van der Waals surface area contributed by atoms with Crippen LogP contribution in [0.2, 0.25) is 0 Å². The van der Waals surface area contributed by atoms with E-state index >= 15 is 0 Å². The Kier molecular flexibility index (Phi) is 6.53. The van der Waals surface area contributed by atoms with Crippen LogP contribution in [0.1, 0.15) is 24.0 Å². The molecule has 0 aliphatic carbocycles. The Bertz CT molecular complexity index is 273. The molecule has 15 heavy (non-hydrogen) atoms. The molecule has 1 nitrogen and oxygen atoms in total. The SMILES string of the molecule is CNCCCCSCc1cccc(C)c1. The molecule has 0 aliphatic heterocycles. The lowest BCUT2D eigenvalue weighted by molar-refractivity contribution is 0.715. The summed E-state index contributed by atoms with van der Waals surface area (Å²) in [6.45, 7) is 3.30. The van der Waals surface area contributed by atoms with Gasteiger partial charge in [-0.25, -0.2) is 0 Å². The van der Waals surface area contributed by atoms with E-state index in [4.69, 9.17) is 0 Å². The van der Waals surface area contributed by atoms with E-state index in [1.165, 1.54) is 29.7 Å². The largest absolute Gasteiger partial charge is 0.320 e. The standard InChI is InChI=1S/C13H21NS/c1-12-6-5-7-13(10-12)11-15-9-4-3-8-14-2/h5-7,10,14H,3-4,8-9,11H2,1-2H3. The molecule has 0 saturated heterocycles. The third-order valence-corrected chi connectivity index (χ3v) is 3.43. The van der Waals surface area contributed by atoms with Crippen molar-refractivity contribution in [1.82, 2.24) is 5.32 Å². The summed E-state index contributed by atoms with van der Waals surface area (Å²) in [5, 5.41) is 3.17. The highest BCUT2D eigenvalue weighted by atomic mass is 32.2. The first-order valence-electron chi connectivity index (χ1n) is 5.61. The Morgan fingerprint density at radius 1 is 1.27 bits per heavy atom. The maximum atomic E-state index is 3.17. The maximum Gasteiger partial charge on any atom is 0.0184 e. The number of benzene rings is 1. The van der Waals surface area contributed by atoms with Crippen molar-refractivity contribution >= 4 is 11.8 Å². The zero-order chi connectivity index (χ0) is 10.9. The van der Waals surface area contributed by atoms with Crippen LogP contribution in [0.15, 0.2) is 24.3 Å². The summed E-state index contributed by atoms with van der Waals surface area (Å²) in [4.78, 5) is 0. The van der Waals surface area contributed by atoms with Crippen LogP contribution in [-0.2, 0) is 5.75 Å². The van der Waals surface area contributed by atoms with Crippen LogP contribution in [0.25, 0.3) is 0 Å². The fraction of sp³-hybridized carbons (Fsp3) is 0.538. The van der Waals surface area contributed by atoms with Gasteiger partial charge >= 0.3 is 0 Å². The summed E-state index contributed by atoms with van der Waals surface area (Å²) < 4.78 is 0. The number of unbranched alkanes of at least 4 members (excludes halogenated alkanes) is 1. The number of nitrogens with one attached hydrogen (secondary N) is 1. The van der Waals surface area contributed by atoms with Gasteiger partial charge < -0.3 is 5.32 Å². The smallest absolute Gasteiger partial charge is 0.0184 e. The summed E-state index contributed by atoms with van der Waals surface area (Å²) in [5.41, 5.74) is 2.82. The minimum atomic E-state index is 1.14. The van der Waals surface area contributed by atoms with E-state index in [-0.39, 0.29) is 0 Å². The molecule has 0 radical (unpaired) electrons. The van der Waals surface area contributed by atoms with Gasteiger partial charge in [-0.05, 0) is 44.7 Å². The molecule has 2 heteroatoms. The fourth-order valence-electron chi connectivity index (χ4n) is 1.50. The molecule has 0 spiro atoms. The maximum absolute atomic E-state index is 3.17. The molecule has 0 saturated carbocycles. The minimum absolute atomic E-state index is 1.14. The molecule has 0 amide bonds. The first-order chi connectivity index (χ1) is 7.33. The van der Waals surface area contributed by atoms with Crippen molar-refractivity contribution in [2.45, 2.75) is 25.5 Å². The molecule has 1 aromatic carbocycles. The molecular formula is C13H21NS. The molecule has 0 aliphatic rings. The predicted octanol–water partition coefficient (Wildman–Crippen LogP) is 3.23. The molecule has 0 aromatic heterocycles. The Balaban J connectivity index is 2.10. The summed E-state index contributed by atoms with van der Waals surface area (Å²) in [6, 6.07) is 8.79. The predicted molar refractivity (Wildman–Crippen MR) is 70.5 cm³/mol. The Morgan fingerprint density at radius 3 is 2.87 bits per heavy atom. The van der Waals surface area contributed by atoms with Crippen molar-refractivity contribution in [3.63, 3.8) is 0 Å². The number of hydrogen-bond acceptors (Lipinski definition) is 2. The van der Waals surface area contributed by atoms with E-state index < -0.39 is 0 Å². The average molecular weight is 223 g/mol. The number of hydrogen-bond donors (Lipinski definition) is 1. The van der Waals surface area contributed by atoms with E-state index in [1.807, 2.05) is 18.8 Å². The quantitative estimate of drug-likeness (QED) is 0.712. The van der Waals surface area contributed by atoms with Gasteiger partial charge in [0, 0.05) is 5.75 Å². The average Bonchev–Trinajstić information content (AvgIpc) is 2.23. The highest BCUT2D eigenvalue weighted by Crippen LogP contribution is 2.14. The van der Waals surface area contributed by atoms with Crippen LogP contribution >= 0.6 is 11.8 Å². The second-order valence-electron chi connectivity index (χ2n) is 3.85. The molecule has 84 valence electrons. The van der Waals surface area contributed by atoms with Crippen molar-refractivity contribution in [3.05, 3.63) is 35.4 Å². The van der Waals surface area contributed by atoms with Crippen LogP contribution in [0, 0.1) is 6.92 Å². The monoisotopic (exact) mass is 223 g/mol. The number of thioether (sulfide) groups is 1. The number of aryl methyl sites for hydroxylation is 1. The van der Waals surface area contributed by atoms with E-state index in [0.29, 0.717) is 0 Å². The normalized spacial score (nSPS) is 10.5. The lowest BCUT2D eigenvalue weighted by atomic mass is 10.2. The van der Waals surface area contributed by atoms with Crippen molar-refractivity contribution in [2.24, 2.45) is 0 Å². The summed E-state index contributed by atoms with van der Waals surface area (Å²) in [5.74, 6) is 2.43. The Morgan fingerprint density at radius 2 is 2.13 bits per heavy atom. The lowest BCUT2D eigenvalue weighted by Crippen LogP contribution is -2.07. The molecule has 1 rings (SSSR count). The molecule has 1 N–H and O–H groups in total. The van der Waals surface area contributed by atoms with Crippen LogP contribution in [0.5, 0.6) is 0 Å². The van der Waals surface area contributed by atoms with Gasteiger partial charge in [0.1, 0.15) is 0 Å². The van der Waals surface area contributed by atoms with Gasteiger partial charge in [0.05, 0.1) is 0 Å². The molecule has 1 aromatic rings. The highest BCUT2D eigenvalue weighted by molar-refractivity contribution is 7.98. The first kappa shape index (κ1) is 12.6. The van der Waals surface area contributed by atoms with Crippen molar-refractivity contribution in [2.75, 3.05) is 19.3 Å². The van der Waals surface area contributed by atoms with Gasteiger partial charge in [0.2, 0.25) is 0 Å². The Labute approximate surface area is 97.7 Å². The van der Waals surface area contributed by atoms with Crippen LogP contribution < -0.4 is 5.32 Å². The third-order valence-electron chi connectivity index (χ3n) is 2.32. The topological polar surface area (TPSA) is 12.0 Å². The summed E-state index contributed by atoms with van der Waals surface area (Å²) >= 11 is 2.04. The van der Waals surface area contributed by atoms with E-state index in [1.54, 1.807) is 0 Å². The highest BCUT2D eigenvalue weighted by Gasteiger charge is 1.94. The second-order valence-corrected chi connectivity index (χ2v) is 4.96. The first-order valence-corrected chi connectivity index (χ1v) is 6.76. The molecule has 0 heterocycles. The van der Waals surface area contributed by atoms with Gasteiger partial charge in [-0.3, -0.25) is 0 Å².